The van der Waals surface area contributed by atoms with E-state index in [0.717, 1.165) is 24.1 Å². The molecule has 4 heteroatoms. The molecule has 1 rings (SSSR count). The van der Waals surface area contributed by atoms with Crippen molar-refractivity contribution in [3.05, 3.63) is 17.5 Å². The number of amides is 1. The molecule has 1 amide bonds. The van der Waals surface area contributed by atoms with Gasteiger partial charge in [-0.15, -0.1) is 0 Å². The SMILES string of the molecule is CCC(CC)C(=O)N(C)Cc1cnn(C)c1C. The van der Waals surface area contributed by atoms with E-state index in [1.807, 2.05) is 36.8 Å². The molecule has 0 bridgehead atoms. The van der Waals surface area contributed by atoms with Crippen LogP contribution in [0.2, 0.25) is 0 Å². The molecule has 0 radical (unpaired) electrons. The lowest BCUT2D eigenvalue weighted by Crippen LogP contribution is -2.32. The molecule has 0 N–H and O–H groups in total. The standard InChI is InChI=1S/C13H23N3O/c1-6-11(7-2)13(17)15(4)9-12-8-14-16(5)10(12)3/h8,11H,6-7,9H2,1-5H3. The first-order chi connectivity index (χ1) is 8.01. The Balaban J connectivity index is 2.69. The van der Waals surface area contributed by atoms with Crippen LogP contribution in [0, 0.1) is 12.8 Å². The van der Waals surface area contributed by atoms with Gasteiger partial charge >= 0.3 is 0 Å². The molecule has 4 nitrogen and oxygen atoms in total. The first kappa shape index (κ1) is 13.7. The van der Waals surface area contributed by atoms with Crippen molar-refractivity contribution in [2.45, 2.75) is 40.2 Å². The molecule has 0 aliphatic rings. The molecular formula is C13H23N3O. The van der Waals surface area contributed by atoms with Crippen molar-refractivity contribution in [2.24, 2.45) is 13.0 Å². The molecule has 0 saturated carbocycles. The van der Waals surface area contributed by atoms with E-state index in [1.165, 1.54) is 0 Å². The summed E-state index contributed by atoms with van der Waals surface area (Å²) >= 11 is 0. The highest BCUT2D eigenvalue weighted by Gasteiger charge is 2.19. The number of carbonyl (C=O) groups excluding carboxylic acids is 1. The fourth-order valence-corrected chi connectivity index (χ4v) is 1.98. The summed E-state index contributed by atoms with van der Waals surface area (Å²) in [5.74, 6) is 0.384. The third-order valence-electron chi connectivity index (χ3n) is 3.46. The van der Waals surface area contributed by atoms with Gasteiger partial charge in [-0.25, -0.2) is 0 Å². The maximum Gasteiger partial charge on any atom is 0.225 e. The van der Waals surface area contributed by atoms with Crippen molar-refractivity contribution in [2.75, 3.05) is 7.05 Å². The molecule has 0 saturated heterocycles. The number of rotatable bonds is 5. The van der Waals surface area contributed by atoms with Gasteiger partial charge in [0.05, 0.1) is 6.20 Å². The van der Waals surface area contributed by atoms with E-state index in [1.54, 1.807) is 0 Å². The Morgan fingerprint density at radius 3 is 2.47 bits per heavy atom. The third-order valence-corrected chi connectivity index (χ3v) is 3.46. The molecule has 17 heavy (non-hydrogen) atoms. The van der Waals surface area contributed by atoms with Crippen LogP contribution in [-0.2, 0) is 18.4 Å². The van der Waals surface area contributed by atoms with E-state index in [0.29, 0.717) is 6.54 Å². The molecular weight excluding hydrogens is 214 g/mol. The van der Waals surface area contributed by atoms with Crippen LogP contribution in [-0.4, -0.2) is 27.6 Å². The van der Waals surface area contributed by atoms with Gasteiger partial charge in [-0.3, -0.25) is 9.48 Å². The van der Waals surface area contributed by atoms with Crippen LogP contribution in [0.15, 0.2) is 6.20 Å². The van der Waals surface area contributed by atoms with E-state index in [2.05, 4.69) is 18.9 Å². The van der Waals surface area contributed by atoms with Crippen LogP contribution in [0.1, 0.15) is 37.9 Å². The smallest absolute Gasteiger partial charge is 0.225 e. The highest BCUT2D eigenvalue weighted by Crippen LogP contribution is 2.14. The van der Waals surface area contributed by atoms with Gasteiger partial charge in [0.25, 0.3) is 0 Å². The zero-order valence-electron chi connectivity index (χ0n) is 11.5. The second-order valence-corrected chi connectivity index (χ2v) is 4.59. The Labute approximate surface area is 104 Å². The Morgan fingerprint density at radius 1 is 1.47 bits per heavy atom. The summed E-state index contributed by atoms with van der Waals surface area (Å²) in [5.41, 5.74) is 2.24. The maximum absolute atomic E-state index is 12.1. The normalized spacial score (nSPS) is 10.9. The predicted octanol–water partition coefficient (Wildman–Crippen LogP) is 2.12. The van der Waals surface area contributed by atoms with E-state index in [9.17, 15) is 4.79 Å². The number of hydrogen-bond acceptors (Lipinski definition) is 2. The van der Waals surface area contributed by atoms with Gasteiger partial charge < -0.3 is 4.90 Å². The second-order valence-electron chi connectivity index (χ2n) is 4.59. The summed E-state index contributed by atoms with van der Waals surface area (Å²) in [4.78, 5) is 13.9. The molecule has 1 aromatic heterocycles. The van der Waals surface area contributed by atoms with E-state index in [4.69, 9.17) is 0 Å². The molecule has 0 spiro atoms. The topological polar surface area (TPSA) is 38.1 Å². The highest BCUT2D eigenvalue weighted by molar-refractivity contribution is 5.78. The van der Waals surface area contributed by atoms with Crippen molar-refractivity contribution in [3.8, 4) is 0 Å². The predicted molar refractivity (Wildman–Crippen MR) is 68.5 cm³/mol. The van der Waals surface area contributed by atoms with Crippen LogP contribution in [0.3, 0.4) is 0 Å². The summed E-state index contributed by atoms with van der Waals surface area (Å²) < 4.78 is 1.84. The van der Waals surface area contributed by atoms with Crippen LogP contribution in [0.25, 0.3) is 0 Å². The Bertz CT molecular complexity index is 380. The quantitative estimate of drug-likeness (QED) is 0.786. The van der Waals surface area contributed by atoms with Crippen LogP contribution in [0.5, 0.6) is 0 Å². The fourth-order valence-electron chi connectivity index (χ4n) is 1.98. The third kappa shape index (κ3) is 3.08. The van der Waals surface area contributed by atoms with Crippen molar-refractivity contribution in [3.63, 3.8) is 0 Å². The lowest BCUT2D eigenvalue weighted by molar-refractivity contribution is -0.134. The molecule has 96 valence electrons. The second kappa shape index (κ2) is 5.84. The lowest BCUT2D eigenvalue weighted by atomic mass is 10.0. The van der Waals surface area contributed by atoms with Gasteiger partial charge in [-0.2, -0.15) is 5.10 Å². The number of hydrogen-bond donors (Lipinski definition) is 0. The Kier molecular flexibility index (Phi) is 4.73. The fraction of sp³-hybridized carbons (Fsp3) is 0.692. The van der Waals surface area contributed by atoms with Gasteiger partial charge in [0, 0.05) is 37.8 Å². The van der Waals surface area contributed by atoms with Crippen LogP contribution >= 0.6 is 0 Å². The summed E-state index contributed by atoms with van der Waals surface area (Å²) in [6, 6.07) is 0. The lowest BCUT2D eigenvalue weighted by Gasteiger charge is -2.22. The molecule has 0 atom stereocenters. The largest absolute Gasteiger partial charge is 0.341 e. The number of aryl methyl sites for hydroxylation is 1. The monoisotopic (exact) mass is 237 g/mol. The van der Waals surface area contributed by atoms with Gasteiger partial charge in [-0.05, 0) is 19.8 Å². The highest BCUT2D eigenvalue weighted by atomic mass is 16.2. The number of aromatic nitrogens is 2. The first-order valence-corrected chi connectivity index (χ1v) is 6.23. The molecule has 1 heterocycles. The van der Waals surface area contributed by atoms with Gasteiger partial charge in [-0.1, -0.05) is 13.8 Å². The van der Waals surface area contributed by atoms with Crippen molar-refractivity contribution in [1.82, 2.24) is 14.7 Å². The average Bonchev–Trinajstić information content (AvgIpc) is 2.62. The summed E-state index contributed by atoms with van der Waals surface area (Å²) in [5, 5.41) is 4.19. The summed E-state index contributed by atoms with van der Waals surface area (Å²) in [6.07, 6.45) is 3.66. The first-order valence-electron chi connectivity index (χ1n) is 6.23. The summed E-state index contributed by atoms with van der Waals surface area (Å²) in [6.45, 7) is 6.80. The minimum atomic E-state index is 0.150. The number of nitrogens with zero attached hydrogens (tertiary/aromatic N) is 3. The number of carbonyl (C=O) groups is 1. The van der Waals surface area contributed by atoms with Crippen molar-refractivity contribution in [1.29, 1.82) is 0 Å². The van der Waals surface area contributed by atoms with E-state index < -0.39 is 0 Å². The molecule has 0 aliphatic heterocycles. The molecule has 0 unspecified atom stereocenters. The molecule has 0 aliphatic carbocycles. The Hall–Kier alpha value is -1.32. The van der Waals surface area contributed by atoms with Gasteiger partial charge in [0.15, 0.2) is 0 Å². The van der Waals surface area contributed by atoms with Crippen LogP contribution < -0.4 is 0 Å². The minimum absolute atomic E-state index is 0.150. The van der Waals surface area contributed by atoms with Gasteiger partial charge in [0.2, 0.25) is 5.91 Å². The summed E-state index contributed by atoms with van der Waals surface area (Å²) in [7, 11) is 3.79. The Morgan fingerprint density at radius 2 is 2.06 bits per heavy atom. The molecule has 0 aromatic carbocycles. The van der Waals surface area contributed by atoms with Crippen molar-refractivity contribution < 1.29 is 4.79 Å². The van der Waals surface area contributed by atoms with E-state index in [-0.39, 0.29) is 11.8 Å². The minimum Gasteiger partial charge on any atom is -0.341 e. The molecule has 1 aromatic rings. The maximum atomic E-state index is 12.1. The zero-order chi connectivity index (χ0) is 13.0. The van der Waals surface area contributed by atoms with Gasteiger partial charge in [0.1, 0.15) is 0 Å². The van der Waals surface area contributed by atoms with Crippen molar-refractivity contribution >= 4 is 5.91 Å². The van der Waals surface area contributed by atoms with Crippen LogP contribution in [0.4, 0.5) is 0 Å². The average molecular weight is 237 g/mol. The zero-order valence-corrected chi connectivity index (χ0v) is 11.5. The van der Waals surface area contributed by atoms with E-state index >= 15 is 0 Å². The molecule has 0 fully saturated rings.